The maximum atomic E-state index is 6.81. The van der Waals surface area contributed by atoms with Crippen molar-refractivity contribution in [2.75, 3.05) is 0 Å². The fraction of sp³-hybridized carbons (Fsp3) is 0.462. The summed E-state index contributed by atoms with van der Waals surface area (Å²) < 4.78 is 0. The van der Waals surface area contributed by atoms with Crippen LogP contribution < -0.4 is 0 Å². The van der Waals surface area contributed by atoms with Crippen molar-refractivity contribution >= 4 is 11.6 Å². The van der Waals surface area contributed by atoms with E-state index in [4.69, 9.17) is 18.0 Å². The Morgan fingerprint density at radius 2 is 1.59 bits per heavy atom. The van der Waals surface area contributed by atoms with Gasteiger partial charge >= 0.3 is 0 Å². The van der Waals surface area contributed by atoms with Crippen LogP contribution in [0.2, 0.25) is 0 Å². The molecule has 0 aromatic heterocycles. The van der Waals surface area contributed by atoms with E-state index in [0.717, 1.165) is 37.1 Å². The number of rotatable bonds is 10. The van der Waals surface area contributed by atoms with Crippen LogP contribution in [0.1, 0.15) is 80.6 Å². The Bertz CT molecular complexity index is 697. The summed E-state index contributed by atoms with van der Waals surface area (Å²) in [7, 11) is 0. The summed E-state index contributed by atoms with van der Waals surface area (Å²) >= 11 is 6.81. The molecule has 1 heteroatoms. The molecule has 0 aromatic carbocycles. The van der Waals surface area contributed by atoms with Gasteiger partial charge in [-0.05, 0) is 76.2 Å². The van der Waals surface area contributed by atoms with E-state index in [1.807, 2.05) is 12.2 Å². The van der Waals surface area contributed by atoms with Crippen molar-refractivity contribution < 1.29 is 0 Å². The molecule has 0 fully saturated rings. The zero-order valence-electron chi connectivity index (χ0n) is 18.4. The number of allylic oxidation sites excluding steroid dienone is 12. The fourth-order valence-electron chi connectivity index (χ4n) is 2.81. The highest BCUT2D eigenvalue weighted by Gasteiger charge is 2.11. The first-order valence-corrected chi connectivity index (χ1v) is 10.4. The molecule has 0 saturated carbocycles. The van der Waals surface area contributed by atoms with E-state index >= 15 is 0 Å². The minimum Gasteiger partial charge on any atom is -0.115 e. The zero-order chi connectivity index (χ0) is 20.8. The van der Waals surface area contributed by atoms with Crippen molar-refractivity contribution in [2.24, 2.45) is 0 Å². The maximum absolute atomic E-state index is 6.81. The molecule has 0 aliphatic heterocycles. The van der Waals surface area contributed by atoms with Crippen LogP contribution in [0.4, 0.5) is 0 Å². The molecule has 0 radical (unpaired) electrons. The standard InChI is InChI=1S/C26H37Cl/c1-9-13-14-15-16-18-24(12-4)19-25(20(5)11-3)23(8)26(27)22(7)21(6)17-10-2/h1,13-16,19H,10-12,17-18H2,2-8H3/b14-13-,16-15-,22-21+,24-19+,25-20+,26-23+. The number of terminal acetylenes is 1. The lowest BCUT2D eigenvalue weighted by molar-refractivity contribution is 0.894. The third-order valence-electron chi connectivity index (χ3n) is 4.94. The predicted octanol–water partition coefficient (Wildman–Crippen LogP) is 8.83. The first-order chi connectivity index (χ1) is 12.8. The molecule has 0 nitrogen and oxygen atoms in total. The van der Waals surface area contributed by atoms with Crippen LogP contribution in [0.3, 0.4) is 0 Å². The van der Waals surface area contributed by atoms with Gasteiger partial charge in [0.1, 0.15) is 0 Å². The van der Waals surface area contributed by atoms with E-state index in [2.05, 4.69) is 66.5 Å². The van der Waals surface area contributed by atoms with Crippen LogP contribution >= 0.6 is 11.6 Å². The second kappa shape index (κ2) is 14.4. The van der Waals surface area contributed by atoms with Crippen LogP contribution in [0.25, 0.3) is 0 Å². The molecule has 0 unspecified atom stereocenters. The van der Waals surface area contributed by atoms with Gasteiger partial charge in [0, 0.05) is 5.03 Å². The van der Waals surface area contributed by atoms with Crippen LogP contribution in [0.5, 0.6) is 0 Å². The number of halogens is 1. The first kappa shape index (κ1) is 25.3. The van der Waals surface area contributed by atoms with Gasteiger partial charge in [-0.3, -0.25) is 0 Å². The average molecular weight is 385 g/mol. The molecule has 0 N–H and O–H groups in total. The summed E-state index contributed by atoms with van der Waals surface area (Å²) in [6.45, 7) is 15.3. The van der Waals surface area contributed by atoms with Gasteiger partial charge in [-0.15, -0.1) is 6.42 Å². The lowest BCUT2D eigenvalue weighted by atomic mass is 9.93. The van der Waals surface area contributed by atoms with Crippen molar-refractivity contribution in [3.05, 3.63) is 68.9 Å². The smallest absolute Gasteiger partial charge is 0.0469 e. The minimum atomic E-state index is 0.892. The molecule has 0 aliphatic carbocycles. The van der Waals surface area contributed by atoms with Crippen LogP contribution in [-0.4, -0.2) is 0 Å². The average Bonchev–Trinajstić information content (AvgIpc) is 2.68. The molecule has 0 saturated heterocycles. The Hall–Kier alpha value is -1.71. The highest BCUT2D eigenvalue weighted by molar-refractivity contribution is 6.32. The van der Waals surface area contributed by atoms with Crippen molar-refractivity contribution in [1.82, 2.24) is 0 Å². The van der Waals surface area contributed by atoms with Gasteiger partial charge in [0.2, 0.25) is 0 Å². The minimum absolute atomic E-state index is 0.892. The van der Waals surface area contributed by atoms with Crippen LogP contribution in [-0.2, 0) is 0 Å². The second-order valence-electron chi connectivity index (χ2n) is 6.96. The Labute approximate surface area is 173 Å². The number of hydrogen-bond acceptors (Lipinski definition) is 0. The summed E-state index contributed by atoms with van der Waals surface area (Å²) in [5, 5.41) is 0.892. The van der Waals surface area contributed by atoms with E-state index in [0.29, 0.717) is 0 Å². The van der Waals surface area contributed by atoms with E-state index in [9.17, 15) is 0 Å². The molecule has 0 aliphatic rings. The first-order valence-electron chi connectivity index (χ1n) is 10.0. The Morgan fingerprint density at radius 3 is 2.11 bits per heavy atom. The molecular weight excluding hydrogens is 348 g/mol. The quantitative estimate of drug-likeness (QED) is 0.260. The van der Waals surface area contributed by atoms with E-state index in [1.165, 1.54) is 33.4 Å². The molecule has 0 heterocycles. The SMILES string of the molecule is C#C/C=C\C=C/C/C(=C/C(=C(/C)CC)C(/C)=C(Cl)\C(C)=C(/C)CCC)CC. The van der Waals surface area contributed by atoms with Crippen molar-refractivity contribution in [1.29, 1.82) is 0 Å². The molecule has 0 bridgehead atoms. The van der Waals surface area contributed by atoms with Gasteiger partial charge in [0.05, 0.1) is 0 Å². The summed E-state index contributed by atoms with van der Waals surface area (Å²) in [6.07, 6.45) is 20.5. The molecule has 0 rings (SSSR count). The highest BCUT2D eigenvalue weighted by atomic mass is 35.5. The Morgan fingerprint density at radius 1 is 0.926 bits per heavy atom. The van der Waals surface area contributed by atoms with Gasteiger partial charge in [0.25, 0.3) is 0 Å². The monoisotopic (exact) mass is 384 g/mol. The van der Waals surface area contributed by atoms with Gasteiger partial charge in [-0.1, -0.05) is 85.7 Å². The van der Waals surface area contributed by atoms with Crippen molar-refractivity contribution in [2.45, 2.75) is 80.6 Å². The van der Waals surface area contributed by atoms with Crippen molar-refractivity contribution in [3.63, 3.8) is 0 Å². The molecular formula is C26H37Cl. The Kier molecular flexibility index (Phi) is 13.5. The van der Waals surface area contributed by atoms with E-state index < -0.39 is 0 Å². The Balaban J connectivity index is 5.97. The zero-order valence-corrected chi connectivity index (χ0v) is 19.1. The fourth-order valence-corrected chi connectivity index (χ4v) is 3.07. The number of hydrogen-bond donors (Lipinski definition) is 0. The van der Waals surface area contributed by atoms with E-state index in [1.54, 1.807) is 6.08 Å². The van der Waals surface area contributed by atoms with Crippen molar-refractivity contribution in [3.8, 4) is 12.3 Å². The van der Waals surface area contributed by atoms with Crippen LogP contribution in [0, 0.1) is 12.3 Å². The third-order valence-corrected chi connectivity index (χ3v) is 5.51. The molecule has 27 heavy (non-hydrogen) atoms. The van der Waals surface area contributed by atoms with Crippen LogP contribution in [0.15, 0.2) is 68.9 Å². The summed E-state index contributed by atoms with van der Waals surface area (Å²) in [5.41, 5.74) is 7.79. The largest absolute Gasteiger partial charge is 0.115 e. The summed E-state index contributed by atoms with van der Waals surface area (Å²) in [5.74, 6) is 2.50. The maximum Gasteiger partial charge on any atom is 0.0469 e. The van der Waals surface area contributed by atoms with Gasteiger partial charge in [0.15, 0.2) is 0 Å². The van der Waals surface area contributed by atoms with Gasteiger partial charge in [-0.2, -0.15) is 0 Å². The lowest BCUT2D eigenvalue weighted by Gasteiger charge is -2.15. The molecule has 0 amide bonds. The molecule has 0 atom stereocenters. The predicted molar refractivity (Wildman–Crippen MR) is 125 cm³/mol. The van der Waals surface area contributed by atoms with E-state index in [-0.39, 0.29) is 0 Å². The lowest BCUT2D eigenvalue weighted by Crippen LogP contribution is -1.95. The third kappa shape index (κ3) is 9.16. The molecule has 0 spiro atoms. The normalized spacial score (nSPS) is 15.6. The molecule has 0 aromatic rings. The second-order valence-corrected chi connectivity index (χ2v) is 7.33. The summed E-state index contributed by atoms with van der Waals surface area (Å²) in [6, 6.07) is 0. The topological polar surface area (TPSA) is 0 Å². The highest BCUT2D eigenvalue weighted by Crippen LogP contribution is 2.31. The van der Waals surface area contributed by atoms with Gasteiger partial charge in [-0.25, -0.2) is 0 Å². The summed E-state index contributed by atoms with van der Waals surface area (Å²) in [4.78, 5) is 0. The molecule has 148 valence electrons. The van der Waals surface area contributed by atoms with Gasteiger partial charge < -0.3 is 0 Å².